The summed E-state index contributed by atoms with van der Waals surface area (Å²) in [6.45, 7) is 7.23. The van der Waals surface area contributed by atoms with Gasteiger partial charge in [0, 0.05) is 24.7 Å². The molecule has 2 N–H and O–H groups in total. The van der Waals surface area contributed by atoms with E-state index in [1.807, 2.05) is 0 Å². The van der Waals surface area contributed by atoms with Crippen molar-refractivity contribution in [3.05, 3.63) is 12.7 Å². The number of rotatable bonds is 2. The molecule has 2 rings (SSSR count). The van der Waals surface area contributed by atoms with Gasteiger partial charge < -0.3 is 10.6 Å². The van der Waals surface area contributed by atoms with Crippen LogP contribution in [0.4, 0.5) is 0 Å². The lowest BCUT2D eigenvalue weighted by Gasteiger charge is -2.34. The maximum atomic E-state index is 3.85. The maximum Gasteiger partial charge on any atom is 0.0281 e. The second-order valence-electron chi connectivity index (χ2n) is 4.08. The Hall–Kier alpha value is -0.340. The van der Waals surface area contributed by atoms with E-state index in [9.17, 15) is 0 Å². The van der Waals surface area contributed by atoms with Crippen LogP contribution in [0.3, 0.4) is 0 Å². The average molecular weight is 166 g/mol. The van der Waals surface area contributed by atoms with Crippen molar-refractivity contribution in [3.63, 3.8) is 0 Å². The summed E-state index contributed by atoms with van der Waals surface area (Å²) in [5.41, 5.74) is 0. The van der Waals surface area contributed by atoms with Crippen LogP contribution in [0.5, 0.6) is 0 Å². The Morgan fingerprint density at radius 3 is 3.08 bits per heavy atom. The molecule has 4 atom stereocenters. The summed E-state index contributed by atoms with van der Waals surface area (Å²) in [5, 5.41) is 7.24. The summed E-state index contributed by atoms with van der Waals surface area (Å²) in [6, 6.07) is 2.04. The Kier molecular flexibility index (Phi) is 2.20. The molecule has 2 aliphatic rings. The molecule has 2 nitrogen and oxygen atoms in total. The van der Waals surface area contributed by atoms with E-state index in [4.69, 9.17) is 0 Å². The molecule has 0 saturated carbocycles. The van der Waals surface area contributed by atoms with Crippen LogP contribution in [0.15, 0.2) is 12.7 Å². The van der Waals surface area contributed by atoms with Gasteiger partial charge in [-0.3, -0.25) is 0 Å². The fraction of sp³-hybridized carbons (Fsp3) is 0.800. The molecule has 2 bridgehead atoms. The summed E-state index contributed by atoms with van der Waals surface area (Å²) in [7, 11) is 0. The van der Waals surface area contributed by atoms with Gasteiger partial charge in [0.05, 0.1) is 0 Å². The zero-order chi connectivity index (χ0) is 8.55. The van der Waals surface area contributed by atoms with Crippen LogP contribution in [-0.2, 0) is 0 Å². The first kappa shape index (κ1) is 8.27. The van der Waals surface area contributed by atoms with Gasteiger partial charge in [0.2, 0.25) is 0 Å². The van der Waals surface area contributed by atoms with Crippen LogP contribution in [0.25, 0.3) is 0 Å². The zero-order valence-corrected chi connectivity index (χ0v) is 7.72. The molecule has 68 valence electrons. The Bertz CT molecular complexity index is 179. The number of nitrogens with one attached hydrogen (secondary N) is 2. The molecular weight excluding hydrogens is 148 g/mol. The topological polar surface area (TPSA) is 24.1 Å². The first-order chi connectivity index (χ1) is 5.81. The molecule has 0 amide bonds. The highest BCUT2D eigenvalue weighted by Gasteiger charge is 2.36. The fourth-order valence-corrected chi connectivity index (χ4v) is 2.41. The van der Waals surface area contributed by atoms with E-state index in [-0.39, 0.29) is 0 Å². The minimum absolute atomic E-state index is 0.585. The van der Waals surface area contributed by atoms with Crippen molar-refractivity contribution in [2.45, 2.75) is 37.9 Å². The van der Waals surface area contributed by atoms with Crippen molar-refractivity contribution in [1.82, 2.24) is 10.6 Å². The van der Waals surface area contributed by atoms with Crippen molar-refractivity contribution in [2.75, 3.05) is 6.54 Å². The highest BCUT2D eigenvalue weighted by atomic mass is 15.1. The molecule has 2 aliphatic heterocycles. The minimum atomic E-state index is 0.585. The van der Waals surface area contributed by atoms with Crippen LogP contribution < -0.4 is 10.6 Å². The van der Waals surface area contributed by atoms with Gasteiger partial charge in [-0.1, -0.05) is 13.0 Å². The Balaban J connectivity index is 2.02. The highest BCUT2D eigenvalue weighted by molar-refractivity contribution is 5.02. The van der Waals surface area contributed by atoms with Crippen molar-refractivity contribution >= 4 is 0 Å². The van der Waals surface area contributed by atoms with Gasteiger partial charge in [-0.2, -0.15) is 0 Å². The number of hydrogen-bond acceptors (Lipinski definition) is 2. The van der Waals surface area contributed by atoms with Gasteiger partial charge in [-0.15, -0.1) is 6.58 Å². The molecule has 2 fully saturated rings. The van der Waals surface area contributed by atoms with Gasteiger partial charge in [-0.05, 0) is 18.8 Å². The molecule has 12 heavy (non-hydrogen) atoms. The van der Waals surface area contributed by atoms with Crippen LogP contribution in [0.1, 0.15) is 19.8 Å². The van der Waals surface area contributed by atoms with Gasteiger partial charge in [-0.25, -0.2) is 0 Å². The van der Waals surface area contributed by atoms with E-state index in [1.54, 1.807) is 0 Å². The summed E-state index contributed by atoms with van der Waals surface area (Å²) >= 11 is 0. The largest absolute Gasteiger partial charge is 0.310 e. The van der Waals surface area contributed by atoms with Gasteiger partial charge in [0.15, 0.2) is 0 Å². The molecule has 0 aromatic carbocycles. The lowest BCUT2D eigenvalue weighted by Crippen LogP contribution is -2.57. The quantitative estimate of drug-likeness (QED) is 0.596. The molecule has 0 unspecified atom stereocenters. The fourth-order valence-electron chi connectivity index (χ4n) is 2.41. The van der Waals surface area contributed by atoms with E-state index >= 15 is 0 Å². The molecule has 0 aromatic heterocycles. The Labute approximate surface area is 74.4 Å². The third-order valence-corrected chi connectivity index (χ3v) is 3.25. The van der Waals surface area contributed by atoms with Gasteiger partial charge in [0.1, 0.15) is 0 Å². The van der Waals surface area contributed by atoms with Crippen molar-refractivity contribution in [2.24, 2.45) is 5.92 Å². The van der Waals surface area contributed by atoms with Crippen LogP contribution >= 0.6 is 0 Å². The second-order valence-corrected chi connectivity index (χ2v) is 4.08. The van der Waals surface area contributed by atoms with Crippen molar-refractivity contribution in [1.29, 1.82) is 0 Å². The SMILES string of the molecule is C=C[C@H](C)[C@@H]1NC[C@H]2CC[C@@H]1N2. The molecule has 0 aromatic rings. The van der Waals surface area contributed by atoms with Crippen LogP contribution in [0, 0.1) is 5.92 Å². The first-order valence-electron chi connectivity index (χ1n) is 4.93. The standard InChI is InChI=1S/C10H18N2/c1-3-7(2)10-9-5-4-8(12-9)6-11-10/h3,7-12H,1,4-6H2,2H3/t7-,8+,9-,10-/m0/s1. The summed E-state index contributed by atoms with van der Waals surface area (Å²) in [4.78, 5) is 0. The van der Waals surface area contributed by atoms with E-state index in [0.717, 1.165) is 12.6 Å². The summed E-state index contributed by atoms with van der Waals surface area (Å²) in [6.07, 6.45) is 4.73. The van der Waals surface area contributed by atoms with Crippen molar-refractivity contribution < 1.29 is 0 Å². The van der Waals surface area contributed by atoms with Gasteiger partial charge >= 0.3 is 0 Å². The smallest absolute Gasteiger partial charge is 0.0281 e. The third-order valence-electron chi connectivity index (χ3n) is 3.25. The predicted octanol–water partition coefficient (Wildman–Crippen LogP) is 0.901. The Morgan fingerprint density at radius 1 is 1.50 bits per heavy atom. The normalized spacial score (nSPS) is 42.6. The third kappa shape index (κ3) is 1.29. The summed E-state index contributed by atoms with van der Waals surface area (Å²) in [5.74, 6) is 0.585. The van der Waals surface area contributed by atoms with E-state index < -0.39 is 0 Å². The monoisotopic (exact) mass is 166 g/mol. The second kappa shape index (κ2) is 3.19. The minimum Gasteiger partial charge on any atom is -0.310 e. The lowest BCUT2D eigenvalue weighted by molar-refractivity contribution is 0.289. The molecule has 0 radical (unpaired) electrons. The van der Waals surface area contributed by atoms with Crippen LogP contribution in [-0.4, -0.2) is 24.7 Å². The first-order valence-corrected chi connectivity index (χ1v) is 4.93. The van der Waals surface area contributed by atoms with Crippen LogP contribution in [0.2, 0.25) is 0 Å². The molecular formula is C10H18N2. The molecule has 0 aliphatic carbocycles. The highest BCUT2D eigenvalue weighted by Crippen LogP contribution is 2.23. The zero-order valence-electron chi connectivity index (χ0n) is 7.72. The number of piperazine rings is 1. The summed E-state index contributed by atoms with van der Waals surface area (Å²) < 4.78 is 0. The number of fused-ring (bicyclic) bond motifs is 2. The maximum absolute atomic E-state index is 3.85. The van der Waals surface area contributed by atoms with Gasteiger partial charge in [0.25, 0.3) is 0 Å². The molecule has 2 heteroatoms. The predicted molar refractivity (Wildman–Crippen MR) is 51.1 cm³/mol. The lowest BCUT2D eigenvalue weighted by atomic mass is 9.94. The molecule has 2 heterocycles. The molecule has 2 saturated heterocycles. The van der Waals surface area contributed by atoms with E-state index in [0.29, 0.717) is 18.0 Å². The Morgan fingerprint density at radius 2 is 2.33 bits per heavy atom. The van der Waals surface area contributed by atoms with E-state index in [1.165, 1.54) is 12.8 Å². The van der Waals surface area contributed by atoms with E-state index in [2.05, 4.69) is 30.2 Å². The van der Waals surface area contributed by atoms with Crippen molar-refractivity contribution in [3.8, 4) is 0 Å². The number of hydrogen-bond donors (Lipinski definition) is 2. The molecule has 0 spiro atoms. The average Bonchev–Trinajstić information content (AvgIpc) is 2.47.